The van der Waals surface area contributed by atoms with Crippen LogP contribution in [0.2, 0.25) is 0 Å². The number of halogens is 1. The van der Waals surface area contributed by atoms with E-state index in [1.165, 1.54) is 6.07 Å². The van der Waals surface area contributed by atoms with Crippen LogP contribution in [0, 0.1) is 12.7 Å². The summed E-state index contributed by atoms with van der Waals surface area (Å²) in [6, 6.07) is 4.57. The van der Waals surface area contributed by atoms with E-state index in [9.17, 15) is 9.18 Å². The number of carbonyl (C=O) groups is 1. The van der Waals surface area contributed by atoms with Crippen molar-refractivity contribution in [2.45, 2.75) is 26.8 Å². The Bertz CT molecular complexity index is 575. The standard InChI is InChI=1S/C14H15FN2O/c1-3-17-9-11(8-16-17)6-14(18)12-5-4-10(2)13(15)7-12/h4-5,7-9H,3,6H2,1-2H3. The summed E-state index contributed by atoms with van der Waals surface area (Å²) in [6.45, 7) is 4.43. The van der Waals surface area contributed by atoms with Gasteiger partial charge in [0.2, 0.25) is 0 Å². The minimum atomic E-state index is -0.342. The quantitative estimate of drug-likeness (QED) is 0.777. The first-order valence-corrected chi connectivity index (χ1v) is 5.91. The number of benzene rings is 1. The van der Waals surface area contributed by atoms with Gasteiger partial charge in [-0.1, -0.05) is 12.1 Å². The molecule has 94 valence electrons. The molecule has 2 rings (SSSR count). The van der Waals surface area contributed by atoms with Gasteiger partial charge in [0.1, 0.15) is 5.82 Å². The van der Waals surface area contributed by atoms with Crippen LogP contribution in [-0.4, -0.2) is 15.6 Å². The molecule has 0 aliphatic heterocycles. The third kappa shape index (κ3) is 2.64. The highest BCUT2D eigenvalue weighted by Gasteiger charge is 2.10. The number of carbonyl (C=O) groups excluding carboxylic acids is 1. The first-order chi connectivity index (χ1) is 8.60. The zero-order valence-electron chi connectivity index (χ0n) is 10.5. The van der Waals surface area contributed by atoms with Crippen molar-refractivity contribution in [1.29, 1.82) is 0 Å². The molecule has 0 radical (unpaired) electrons. The second-order valence-electron chi connectivity index (χ2n) is 4.27. The van der Waals surface area contributed by atoms with E-state index in [1.54, 1.807) is 29.9 Å². The van der Waals surface area contributed by atoms with E-state index >= 15 is 0 Å². The number of hydrogen-bond acceptors (Lipinski definition) is 2. The number of hydrogen-bond donors (Lipinski definition) is 0. The second kappa shape index (κ2) is 5.12. The summed E-state index contributed by atoms with van der Waals surface area (Å²) in [5, 5.41) is 4.10. The normalized spacial score (nSPS) is 10.6. The highest BCUT2D eigenvalue weighted by Crippen LogP contribution is 2.12. The molecule has 0 atom stereocenters. The van der Waals surface area contributed by atoms with Crippen LogP contribution in [0.5, 0.6) is 0 Å². The van der Waals surface area contributed by atoms with Crippen LogP contribution in [0.1, 0.15) is 28.4 Å². The molecular weight excluding hydrogens is 231 g/mol. The lowest BCUT2D eigenvalue weighted by atomic mass is 10.0. The molecule has 0 aliphatic carbocycles. The lowest BCUT2D eigenvalue weighted by molar-refractivity contribution is 0.0992. The third-order valence-corrected chi connectivity index (χ3v) is 2.87. The summed E-state index contributed by atoms with van der Waals surface area (Å²) < 4.78 is 15.1. The number of aromatic nitrogens is 2. The van der Waals surface area contributed by atoms with Gasteiger partial charge in [0.05, 0.1) is 6.20 Å². The monoisotopic (exact) mass is 246 g/mol. The van der Waals surface area contributed by atoms with E-state index < -0.39 is 0 Å². The molecule has 0 saturated carbocycles. The summed E-state index contributed by atoms with van der Waals surface area (Å²) in [5.74, 6) is -0.436. The Labute approximate surface area is 105 Å². The predicted molar refractivity (Wildman–Crippen MR) is 67.1 cm³/mol. The third-order valence-electron chi connectivity index (χ3n) is 2.87. The summed E-state index contributed by atoms with van der Waals surface area (Å²) in [5.41, 5.74) is 1.80. The minimum Gasteiger partial charge on any atom is -0.294 e. The molecule has 0 saturated heterocycles. The van der Waals surface area contributed by atoms with E-state index in [1.807, 2.05) is 13.1 Å². The van der Waals surface area contributed by atoms with Crippen LogP contribution >= 0.6 is 0 Å². The predicted octanol–water partition coefficient (Wildman–Crippen LogP) is 2.78. The number of Topliss-reactive ketones (excluding diaryl/α,β-unsaturated/α-hetero) is 1. The molecule has 4 heteroatoms. The van der Waals surface area contributed by atoms with Crippen molar-refractivity contribution in [2.75, 3.05) is 0 Å². The fourth-order valence-electron chi connectivity index (χ4n) is 1.72. The van der Waals surface area contributed by atoms with Gasteiger partial charge in [0.25, 0.3) is 0 Å². The van der Waals surface area contributed by atoms with Crippen molar-refractivity contribution >= 4 is 5.78 Å². The molecule has 3 nitrogen and oxygen atoms in total. The maximum Gasteiger partial charge on any atom is 0.167 e. The minimum absolute atomic E-state index is 0.0930. The van der Waals surface area contributed by atoms with E-state index in [2.05, 4.69) is 5.10 Å². The Morgan fingerprint density at radius 1 is 1.44 bits per heavy atom. The van der Waals surface area contributed by atoms with Crippen LogP contribution in [0.3, 0.4) is 0 Å². The molecule has 0 bridgehead atoms. The van der Waals surface area contributed by atoms with Crippen LogP contribution in [0.4, 0.5) is 4.39 Å². The van der Waals surface area contributed by atoms with Crippen molar-refractivity contribution in [3.05, 3.63) is 53.1 Å². The molecule has 0 aliphatic rings. The SMILES string of the molecule is CCn1cc(CC(=O)c2ccc(C)c(F)c2)cn1. The molecular formula is C14H15FN2O. The molecule has 0 unspecified atom stereocenters. The maximum absolute atomic E-state index is 13.4. The average molecular weight is 246 g/mol. The van der Waals surface area contributed by atoms with E-state index in [0.29, 0.717) is 11.1 Å². The van der Waals surface area contributed by atoms with Crippen molar-refractivity contribution in [2.24, 2.45) is 0 Å². The van der Waals surface area contributed by atoms with Crippen molar-refractivity contribution in [1.82, 2.24) is 9.78 Å². The average Bonchev–Trinajstić information content (AvgIpc) is 2.80. The molecule has 18 heavy (non-hydrogen) atoms. The maximum atomic E-state index is 13.4. The Morgan fingerprint density at radius 3 is 2.83 bits per heavy atom. The zero-order chi connectivity index (χ0) is 13.1. The van der Waals surface area contributed by atoms with Crippen molar-refractivity contribution in [3.8, 4) is 0 Å². The van der Waals surface area contributed by atoms with Gasteiger partial charge in [-0.2, -0.15) is 5.10 Å². The molecule has 0 N–H and O–H groups in total. The van der Waals surface area contributed by atoms with Gasteiger partial charge in [-0.3, -0.25) is 9.48 Å². The molecule has 1 heterocycles. The molecule has 1 aromatic heterocycles. The van der Waals surface area contributed by atoms with Gasteiger partial charge in [-0.05, 0) is 31.0 Å². The largest absolute Gasteiger partial charge is 0.294 e. The first kappa shape index (κ1) is 12.5. The fourth-order valence-corrected chi connectivity index (χ4v) is 1.72. The molecule has 0 amide bonds. The van der Waals surface area contributed by atoms with E-state index in [-0.39, 0.29) is 18.0 Å². The topological polar surface area (TPSA) is 34.9 Å². The van der Waals surface area contributed by atoms with Crippen LogP contribution in [0.15, 0.2) is 30.6 Å². The summed E-state index contributed by atoms with van der Waals surface area (Å²) in [6.07, 6.45) is 3.76. The van der Waals surface area contributed by atoms with Gasteiger partial charge >= 0.3 is 0 Å². The summed E-state index contributed by atoms with van der Waals surface area (Å²) in [4.78, 5) is 12.0. The van der Waals surface area contributed by atoms with Gasteiger partial charge in [-0.15, -0.1) is 0 Å². The molecule has 0 fully saturated rings. The van der Waals surface area contributed by atoms with E-state index in [0.717, 1.165) is 12.1 Å². The van der Waals surface area contributed by atoms with Crippen LogP contribution in [-0.2, 0) is 13.0 Å². The second-order valence-corrected chi connectivity index (χ2v) is 4.27. The highest BCUT2D eigenvalue weighted by molar-refractivity contribution is 5.97. The zero-order valence-corrected chi connectivity index (χ0v) is 10.5. The lowest BCUT2D eigenvalue weighted by Crippen LogP contribution is -2.04. The van der Waals surface area contributed by atoms with Gasteiger partial charge in [0.15, 0.2) is 5.78 Å². The Morgan fingerprint density at radius 2 is 2.22 bits per heavy atom. The van der Waals surface area contributed by atoms with Gasteiger partial charge in [0, 0.05) is 24.7 Å². The highest BCUT2D eigenvalue weighted by atomic mass is 19.1. The summed E-state index contributed by atoms with van der Waals surface area (Å²) >= 11 is 0. The Balaban J connectivity index is 2.14. The Kier molecular flexibility index (Phi) is 3.55. The summed E-state index contributed by atoms with van der Waals surface area (Å²) in [7, 11) is 0. The molecule has 0 spiro atoms. The number of rotatable bonds is 4. The first-order valence-electron chi connectivity index (χ1n) is 5.91. The number of nitrogens with zero attached hydrogens (tertiary/aromatic N) is 2. The van der Waals surface area contributed by atoms with Gasteiger partial charge in [-0.25, -0.2) is 4.39 Å². The lowest BCUT2D eigenvalue weighted by Gasteiger charge is -2.01. The number of ketones is 1. The number of aryl methyl sites for hydroxylation is 2. The smallest absolute Gasteiger partial charge is 0.167 e. The fraction of sp³-hybridized carbons (Fsp3) is 0.286. The van der Waals surface area contributed by atoms with Crippen LogP contribution < -0.4 is 0 Å². The van der Waals surface area contributed by atoms with E-state index in [4.69, 9.17) is 0 Å². The molecule has 2 aromatic rings. The van der Waals surface area contributed by atoms with Gasteiger partial charge < -0.3 is 0 Å². The van der Waals surface area contributed by atoms with Crippen molar-refractivity contribution in [3.63, 3.8) is 0 Å². The van der Waals surface area contributed by atoms with Crippen molar-refractivity contribution < 1.29 is 9.18 Å². The Hall–Kier alpha value is -1.97. The molecule has 1 aromatic carbocycles. The van der Waals surface area contributed by atoms with Crippen LogP contribution in [0.25, 0.3) is 0 Å².